The van der Waals surface area contributed by atoms with E-state index in [1.54, 1.807) is 18.9 Å². The van der Waals surface area contributed by atoms with Gasteiger partial charge in [-0.05, 0) is 12.2 Å². The van der Waals surface area contributed by atoms with Crippen LogP contribution in [-0.4, -0.2) is 73.5 Å². The van der Waals surface area contributed by atoms with Crippen LogP contribution >= 0.6 is 11.8 Å². The summed E-state index contributed by atoms with van der Waals surface area (Å²) in [4.78, 5) is 23.8. The molecule has 0 aliphatic carbocycles. The number of hydrogen-bond donors (Lipinski definition) is 2. The van der Waals surface area contributed by atoms with E-state index in [4.69, 9.17) is 14.2 Å². The van der Waals surface area contributed by atoms with Crippen molar-refractivity contribution in [3.63, 3.8) is 0 Å². The quantitative estimate of drug-likeness (QED) is 0.709. The van der Waals surface area contributed by atoms with Crippen molar-refractivity contribution in [1.29, 1.82) is 0 Å². The van der Waals surface area contributed by atoms with Gasteiger partial charge in [0.2, 0.25) is 5.91 Å². The minimum atomic E-state index is -0.738. The Balaban J connectivity index is 1.61. The molecule has 0 saturated carbocycles. The maximum absolute atomic E-state index is 12.6. The molecular formula is C14H22N2O5S. The van der Waals surface area contributed by atoms with Crippen LogP contribution in [-0.2, 0) is 23.8 Å². The standard InChI is InChI=1S/C14H22N2O5S/c1-8(17)15-9-5-20-12-10(6-21-11(9)12)16-13(18)14(19-2)3-4-22-7-14/h9-12H,3-7H2,1-2H3,(H,15,17)(H,16,18)/t9-,10-,11+,12+,14?/m0/s1. The number of rotatable bonds is 4. The van der Waals surface area contributed by atoms with Crippen LogP contribution in [0, 0.1) is 0 Å². The van der Waals surface area contributed by atoms with E-state index in [0.717, 1.165) is 12.2 Å². The first-order valence-electron chi connectivity index (χ1n) is 7.50. The first-order chi connectivity index (χ1) is 10.6. The van der Waals surface area contributed by atoms with Crippen LogP contribution in [0.4, 0.5) is 0 Å². The maximum Gasteiger partial charge on any atom is 0.253 e. The molecule has 0 aromatic carbocycles. The number of carbonyl (C=O) groups is 2. The van der Waals surface area contributed by atoms with Crippen molar-refractivity contribution in [1.82, 2.24) is 10.6 Å². The Kier molecular flexibility index (Phi) is 4.63. The molecular weight excluding hydrogens is 308 g/mol. The maximum atomic E-state index is 12.6. The Morgan fingerprint density at radius 1 is 1.18 bits per heavy atom. The summed E-state index contributed by atoms with van der Waals surface area (Å²) >= 11 is 1.72. The second kappa shape index (κ2) is 6.35. The molecule has 3 aliphatic heterocycles. The third kappa shape index (κ3) is 2.84. The molecule has 2 N–H and O–H groups in total. The van der Waals surface area contributed by atoms with Gasteiger partial charge in [0.15, 0.2) is 5.60 Å². The Bertz CT molecular complexity index is 455. The topological polar surface area (TPSA) is 85.9 Å². The fourth-order valence-corrected chi connectivity index (χ4v) is 4.63. The second-order valence-electron chi connectivity index (χ2n) is 5.98. The van der Waals surface area contributed by atoms with Crippen LogP contribution in [0.5, 0.6) is 0 Å². The Morgan fingerprint density at radius 2 is 1.82 bits per heavy atom. The monoisotopic (exact) mass is 330 g/mol. The molecule has 1 unspecified atom stereocenters. The molecule has 7 nitrogen and oxygen atoms in total. The van der Waals surface area contributed by atoms with Gasteiger partial charge in [0.25, 0.3) is 5.91 Å². The van der Waals surface area contributed by atoms with E-state index >= 15 is 0 Å². The molecule has 0 radical (unpaired) electrons. The molecule has 124 valence electrons. The Labute approximate surface area is 133 Å². The normalized spacial score (nSPS) is 40.5. The largest absolute Gasteiger partial charge is 0.371 e. The number of fused-ring (bicyclic) bond motifs is 1. The van der Waals surface area contributed by atoms with E-state index in [1.165, 1.54) is 6.92 Å². The molecule has 3 saturated heterocycles. The summed E-state index contributed by atoms with van der Waals surface area (Å²) in [5.74, 6) is 1.40. The summed E-state index contributed by atoms with van der Waals surface area (Å²) in [7, 11) is 1.58. The van der Waals surface area contributed by atoms with Crippen molar-refractivity contribution in [2.75, 3.05) is 31.8 Å². The van der Waals surface area contributed by atoms with Gasteiger partial charge in [0.1, 0.15) is 12.2 Å². The zero-order chi connectivity index (χ0) is 15.7. The van der Waals surface area contributed by atoms with Crippen molar-refractivity contribution >= 4 is 23.6 Å². The third-order valence-electron chi connectivity index (χ3n) is 4.55. The zero-order valence-electron chi connectivity index (χ0n) is 12.8. The first kappa shape index (κ1) is 16.0. The molecule has 3 rings (SSSR count). The van der Waals surface area contributed by atoms with Crippen molar-refractivity contribution in [3.05, 3.63) is 0 Å². The average molecular weight is 330 g/mol. The lowest BCUT2D eigenvalue weighted by Gasteiger charge is -2.28. The lowest BCUT2D eigenvalue weighted by atomic mass is 10.0. The fourth-order valence-electron chi connectivity index (χ4n) is 3.29. The van der Waals surface area contributed by atoms with Crippen molar-refractivity contribution in [2.24, 2.45) is 0 Å². The van der Waals surface area contributed by atoms with E-state index in [2.05, 4.69) is 10.6 Å². The molecule has 22 heavy (non-hydrogen) atoms. The van der Waals surface area contributed by atoms with Gasteiger partial charge in [-0.3, -0.25) is 9.59 Å². The van der Waals surface area contributed by atoms with Gasteiger partial charge in [-0.1, -0.05) is 0 Å². The molecule has 0 aromatic rings. The minimum absolute atomic E-state index is 0.0965. The Morgan fingerprint density at radius 3 is 2.32 bits per heavy atom. The van der Waals surface area contributed by atoms with Crippen LogP contribution in [0.1, 0.15) is 13.3 Å². The van der Waals surface area contributed by atoms with Crippen LogP contribution in [0.25, 0.3) is 0 Å². The van der Waals surface area contributed by atoms with Gasteiger partial charge in [0, 0.05) is 19.8 Å². The molecule has 5 atom stereocenters. The van der Waals surface area contributed by atoms with Gasteiger partial charge < -0.3 is 24.8 Å². The predicted octanol–water partition coefficient (Wildman–Crippen LogP) is -0.704. The molecule has 3 aliphatic rings. The van der Waals surface area contributed by atoms with Crippen LogP contribution < -0.4 is 10.6 Å². The number of nitrogens with one attached hydrogen (secondary N) is 2. The summed E-state index contributed by atoms with van der Waals surface area (Å²) in [6, 6.07) is -0.350. The average Bonchev–Trinajstić information content (AvgIpc) is 3.18. The molecule has 0 bridgehead atoms. The first-order valence-corrected chi connectivity index (χ1v) is 8.65. The van der Waals surface area contributed by atoms with Crippen molar-refractivity contribution in [3.8, 4) is 0 Å². The van der Waals surface area contributed by atoms with E-state index in [-0.39, 0.29) is 36.1 Å². The smallest absolute Gasteiger partial charge is 0.253 e. The van der Waals surface area contributed by atoms with Gasteiger partial charge in [-0.2, -0.15) is 11.8 Å². The number of carbonyl (C=O) groups excluding carboxylic acids is 2. The number of ether oxygens (including phenoxy) is 3. The molecule has 0 spiro atoms. The molecule has 8 heteroatoms. The Hall–Kier alpha value is -0.830. The summed E-state index contributed by atoms with van der Waals surface area (Å²) in [5, 5.41) is 5.85. The molecule has 2 amide bonds. The van der Waals surface area contributed by atoms with Gasteiger partial charge >= 0.3 is 0 Å². The number of hydrogen-bond acceptors (Lipinski definition) is 6. The molecule has 3 fully saturated rings. The fraction of sp³-hybridized carbons (Fsp3) is 0.857. The van der Waals surface area contributed by atoms with Gasteiger partial charge in [0.05, 0.1) is 25.3 Å². The van der Waals surface area contributed by atoms with E-state index < -0.39 is 5.60 Å². The van der Waals surface area contributed by atoms with E-state index in [1.807, 2.05) is 0 Å². The molecule has 3 heterocycles. The van der Waals surface area contributed by atoms with Crippen molar-refractivity contribution < 1.29 is 23.8 Å². The van der Waals surface area contributed by atoms with Gasteiger partial charge in [-0.25, -0.2) is 0 Å². The summed E-state index contributed by atoms with van der Waals surface area (Å²) in [6.45, 7) is 2.28. The second-order valence-corrected chi connectivity index (χ2v) is 7.09. The highest BCUT2D eigenvalue weighted by Crippen LogP contribution is 2.32. The van der Waals surface area contributed by atoms with Gasteiger partial charge in [-0.15, -0.1) is 0 Å². The highest BCUT2D eigenvalue weighted by molar-refractivity contribution is 7.99. The number of amides is 2. The van der Waals surface area contributed by atoms with E-state index in [9.17, 15) is 9.59 Å². The van der Waals surface area contributed by atoms with Crippen LogP contribution in [0.2, 0.25) is 0 Å². The summed E-state index contributed by atoms with van der Waals surface area (Å²) in [5.41, 5.74) is -0.738. The molecule has 0 aromatic heterocycles. The van der Waals surface area contributed by atoms with Crippen LogP contribution in [0.3, 0.4) is 0 Å². The summed E-state index contributed by atoms with van der Waals surface area (Å²) < 4.78 is 16.9. The zero-order valence-corrected chi connectivity index (χ0v) is 13.6. The number of methoxy groups -OCH3 is 1. The highest BCUT2D eigenvalue weighted by atomic mass is 32.2. The lowest BCUT2D eigenvalue weighted by molar-refractivity contribution is -0.142. The van der Waals surface area contributed by atoms with E-state index in [0.29, 0.717) is 19.0 Å². The van der Waals surface area contributed by atoms with Crippen LogP contribution in [0.15, 0.2) is 0 Å². The highest BCUT2D eigenvalue weighted by Gasteiger charge is 2.50. The summed E-state index contributed by atoms with van der Waals surface area (Å²) in [6.07, 6.45) is 0.297. The number of thioether (sulfide) groups is 1. The lowest BCUT2D eigenvalue weighted by Crippen LogP contribution is -2.55. The minimum Gasteiger partial charge on any atom is -0.371 e. The van der Waals surface area contributed by atoms with Crippen molar-refractivity contribution in [2.45, 2.75) is 43.2 Å². The predicted molar refractivity (Wildman–Crippen MR) is 80.7 cm³/mol. The third-order valence-corrected chi connectivity index (χ3v) is 5.71. The SMILES string of the molecule is COC1(C(=O)N[C@H]2CO[C@H]3[C@@H]2OC[C@@H]3NC(C)=O)CCSC1.